The molecule has 0 amide bonds. The molecule has 0 heterocycles. The van der Waals surface area contributed by atoms with Gasteiger partial charge in [-0.15, -0.1) is 0 Å². The van der Waals surface area contributed by atoms with Gasteiger partial charge in [0, 0.05) is 7.05 Å². The average Bonchev–Trinajstić information content (AvgIpc) is 2.35. The van der Waals surface area contributed by atoms with E-state index in [1.54, 1.807) is 37.5 Å². The second-order valence-electron chi connectivity index (χ2n) is 3.60. The predicted octanol–water partition coefficient (Wildman–Crippen LogP) is 2.94. The zero-order chi connectivity index (χ0) is 12.3. The number of fused-ring (bicyclic) bond motifs is 1. The van der Waals surface area contributed by atoms with E-state index in [1.165, 1.54) is 0 Å². The molecule has 0 spiro atoms. The standard InChI is InChI=1S/C13H12N2O2/c1-14-9-8-11-7-6-10-4-2-3-5-12(10)13(11)15(16)17/h2-9,14H,1H3/b9-8+. The maximum Gasteiger partial charge on any atom is 0.284 e. The summed E-state index contributed by atoms with van der Waals surface area (Å²) in [6.07, 6.45) is 3.38. The number of benzene rings is 2. The van der Waals surface area contributed by atoms with Crippen LogP contribution in [0.25, 0.3) is 16.8 Å². The topological polar surface area (TPSA) is 55.2 Å². The van der Waals surface area contributed by atoms with Crippen molar-refractivity contribution < 1.29 is 4.92 Å². The minimum absolute atomic E-state index is 0.148. The molecular formula is C13H12N2O2. The lowest BCUT2D eigenvalue weighted by Crippen LogP contribution is -1.95. The van der Waals surface area contributed by atoms with Gasteiger partial charge < -0.3 is 5.32 Å². The lowest BCUT2D eigenvalue weighted by Gasteiger charge is -2.02. The lowest BCUT2D eigenvalue weighted by atomic mass is 10.0. The van der Waals surface area contributed by atoms with Crippen molar-refractivity contribution in [2.24, 2.45) is 0 Å². The number of nitro benzene ring substituents is 1. The Morgan fingerprint density at radius 2 is 2.00 bits per heavy atom. The molecule has 0 atom stereocenters. The van der Waals surface area contributed by atoms with E-state index in [-0.39, 0.29) is 10.6 Å². The minimum atomic E-state index is -0.336. The fourth-order valence-electron chi connectivity index (χ4n) is 1.78. The van der Waals surface area contributed by atoms with Crippen molar-refractivity contribution in [2.75, 3.05) is 7.05 Å². The first-order valence-electron chi connectivity index (χ1n) is 5.24. The summed E-state index contributed by atoms with van der Waals surface area (Å²) in [5.74, 6) is 0. The van der Waals surface area contributed by atoms with Crippen molar-refractivity contribution in [3.05, 3.63) is 58.3 Å². The van der Waals surface area contributed by atoms with Crippen LogP contribution in [0.1, 0.15) is 5.56 Å². The Morgan fingerprint density at radius 3 is 2.71 bits per heavy atom. The summed E-state index contributed by atoms with van der Waals surface area (Å²) in [5, 5.41) is 15.5. The molecular weight excluding hydrogens is 216 g/mol. The van der Waals surface area contributed by atoms with Crippen molar-refractivity contribution in [1.82, 2.24) is 5.32 Å². The number of hydrogen-bond acceptors (Lipinski definition) is 3. The van der Waals surface area contributed by atoms with E-state index in [9.17, 15) is 10.1 Å². The molecule has 0 aliphatic carbocycles. The van der Waals surface area contributed by atoms with Crippen molar-refractivity contribution in [1.29, 1.82) is 0 Å². The molecule has 2 aromatic rings. The fourth-order valence-corrected chi connectivity index (χ4v) is 1.78. The number of rotatable bonds is 3. The Morgan fingerprint density at radius 1 is 1.24 bits per heavy atom. The molecule has 4 heteroatoms. The van der Waals surface area contributed by atoms with Gasteiger partial charge in [-0.3, -0.25) is 10.1 Å². The van der Waals surface area contributed by atoms with Crippen molar-refractivity contribution in [3.63, 3.8) is 0 Å². The molecule has 4 nitrogen and oxygen atoms in total. The van der Waals surface area contributed by atoms with Crippen molar-refractivity contribution in [3.8, 4) is 0 Å². The summed E-state index contributed by atoms with van der Waals surface area (Å²) in [6, 6.07) is 11.0. The van der Waals surface area contributed by atoms with Gasteiger partial charge in [-0.1, -0.05) is 24.3 Å². The van der Waals surface area contributed by atoms with E-state index >= 15 is 0 Å². The summed E-state index contributed by atoms with van der Waals surface area (Å²) in [4.78, 5) is 10.8. The molecule has 0 bridgehead atoms. The van der Waals surface area contributed by atoms with E-state index in [2.05, 4.69) is 5.32 Å². The highest BCUT2D eigenvalue weighted by Gasteiger charge is 2.15. The van der Waals surface area contributed by atoms with E-state index < -0.39 is 0 Å². The van der Waals surface area contributed by atoms with Crippen LogP contribution in [0.15, 0.2) is 42.6 Å². The molecule has 1 N–H and O–H groups in total. The second kappa shape index (κ2) is 4.65. The van der Waals surface area contributed by atoms with Crippen LogP contribution in [-0.2, 0) is 0 Å². The smallest absolute Gasteiger partial charge is 0.284 e. The van der Waals surface area contributed by atoms with Gasteiger partial charge in [0.25, 0.3) is 5.69 Å². The Balaban J connectivity index is 2.73. The van der Waals surface area contributed by atoms with Crippen LogP contribution < -0.4 is 5.32 Å². The van der Waals surface area contributed by atoms with Crippen LogP contribution in [-0.4, -0.2) is 12.0 Å². The molecule has 0 fully saturated rings. The zero-order valence-corrected chi connectivity index (χ0v) is 9.38. The van der Waals surface area contributed by atoms with Gasteiger partial charge in [-0.2, -0.15) is 0 Å². The number of nitrogens with zero attached hydrogens (tertiary/aromatic N) is 1. The third-order valence-corrected chi connectivity index (χ3v) is 2.54. The van der Waals surface area contributed by atoms with E-state index in [1.807, 2.05) is 18.2 Å². The van der Waals surface area contributed by atoms with Crippen LogP contribution in [0.5, 0.6) is 0 Å². The van der Waals surface area contributed by atoms with Gasteiger partial charge in [-0.05, 0) is 29.8 Å². The molecule has 0 aliphatic rings. The monoisotopic (exact) mass is 228 g/mol. The highest BCUT2D eigenvalue weighted by Crippen LogP contribution is 2.30. The van der Waals surface area contributed by atoms with Gasteiger partial charge in [0.2, 0.25) is 0 Å². The SMILES string of the molecule is CN/C=C/c1ccc2ccccc2c1[N+](=O)[O-]. The Bertz CT molecular complexity index is 591. The first kappa shape index (κ1) is 11.1. The predicted molar refractivity (Wildman–Crippen MR) is 68.7 cm³/mol. The van der Waals surface area contributed by atoms with Crippen molar-refractivity contribution in [2.45, 2.75) is 0 Å². The van der Waals surface area contributed by atoms with Crippen LogP contribution in [0.3, 0.4) is 0 Å². The fraction of sp³-hybridized carbons (Fsp3) is 0.0769. The first-order chi connectivity index (χ1) is 8.24. The van der Waals surface area contributed by atoms with Gasteiger partial charge in [-0.25, -0.2) is 0 Å². The van der Waals surface area contributed by atoms with Crippen LogP contribution in [0, 0.1) is 10.1 Å². The normalized spacial score (nSPS) is 10.9. The number of nitrogens with one attached hydrogen (secondary N) is 1. The molecule has 0 unspecified atom stereocenters. The van der Waals surface area contributed by atoms with E-state index in [0.717, 1.165) is 5.39 Å². The summed E-state index contributed by atoms with van der Waals surface area (Å²) in [7, 11) is 1.75. The highest BCUT2D eigenvalue weighted by molar-refractivity contribution is 5.94. The second-order valence-corrected chi connectivity index (χ2v) is 3.60. The Labute approximate surface area is 98.7 Å². The highest BCUT2D eigenvalue weighted by atomic mass is 16.6. The maximum absolute atomic E-state index is 11.2. The van der Waals surface area contributed by atoms with Gasteiger partial charge in [0.15, 0.2) is 0 Å². The molecule has 0 saturated heterocycles. The van der Waals surface area contributed by atoms with Gasteiger partial charge in [0.05, 0.1) is 15.9 Å². The third kappa shape index (κ3) is 2.10. The number of hydrogen-bond donors (Lipinski definition) is 1. The van der Waals surface area contributed by atoms with Crippen LogP contribution >= 0.6 is 0 Å². The first-order valence-corrected chi connectivity index (χ1v) is 5.24. The molecule has 2 aromatic carbocycles. The van der Waals surface area contributed by atoms with E-state index in [4.69, 9.17) is 0 Å². The molecule has 0 aromatic heterocycles. The average molecular weight is 228 g/mol. The van der Waals surface area contributed by atoms with Gasteiger partial charge in [0.1, 0.15) is 0 Å². The largest absolute Gasteiger partial charge is 0.394 e. The summed E-state index contributed by atoms with van der Waals surface area (Å²) < 4.78 is 0. The molecule has 2 rings (SSSR count). The number of nitro groups is 1. The summed E-state index contributed by atoms with van der Waals surface area (Å²) in [5.41, 5.74) is 0.748. The quantitative estimate of drug-likeness (QED) is 0.649. The molecule has 0 radical (unpaired) electrons. The molecule has 17 heavy (non-hydrogen) atoms. The van der Waals surface area contributed by atoms with Crippen LogP contribution in [0.4, 0.5) is 5.69 Å². The zero-order valence-electron chi connectivity index (χ0n) is 9.38. The Kier molecular flexibility index (Phi) is 3.05. The van der Waals surface area contributed by atoms with Crippen LogP contribution in [0.2, 0.25) is 0 Å². The molecule has 0 saturated carbocycles. The van der Waals surface area contributed by atoms with Gasteiger partial charge >= 0.3 is 0 Å². The maximum atomic E-state index is 11.2. The lowest BCUT2D eigenvalue weighted by molar-refractivity contribution is -0.383. The third-order valence-electron chi connectivity index (χ3n) is 2.54. The molecule has 86 valence electrons. The van der Waals surface area contributed by atoms with Crippen molar-refractivity contribution >= 4 is 22.5 Å². The molecule has 0 aliphatic heterocycles. The van der Waals surface area contributed by atoms with E-state index in [0.29, 0.717) is 10.9 Å². The summed E-state index contributed by atoms with van der Waals surface area (Å²) in [6.45, 7) is 0. The minimum Gasteiger partial charge on any atom is -0.394 e. The summed E-state index contributed by atoms with van der Waals surface area (Å²) >= 11 is 0. The Hall–Kier alpha value is -2.36.